The molecule has 0 aromatic heterocycles. The second-order valence-corrected chi connectivity index (χ2v) is 5.28. The van der Waals surface area contributed by atoms with Crippen LogP contribution in [-0.4, -0.2) is 17.9 Å². The van der Waals surface area contributed by atoms with Crippen molar-refractivity contribution in [3.05, 3.63) is 23.0 Å². The Balaban J connectivity index is 3.02. The molecule has 4 nitrogen and oxygen atoms in total. The SMILES string of the molecule is CCC(C(C)=O)C(=O)Oc1cc(OC(C)C)c(Cl)cc1F. The molecule has 0 radical (unpaired) electrons. The second-order valence-electron chi connectivity index (χ2n) is 4.87. The van der Waals surface area contributed by atoms with Crippen molar-refractivity contribution in [2.45, 2.75) is 40.2 Å². The van der Waals surface area contributed by atoms with E-state index in [1.807, 2.05) is 0 Å². The minimum Gasteiger partial charge on any atom is -0.489 e. The number of esters is 1. The van der Waals surface area contributed by atoms with Crippen LogP contribution in [-0.2, 0) is 9.59 Å². The minimum atomic E-state index is -0.908. The van der Waals surface area contributed by atoms with E-state index < -0.39 is 17.7 Å². The van der Waals surface area contributed by atoms with Crippen LogP contribution in [0.2, 0.25) is 5.02 Å². The van der Waals surface area contributed by atoms with Crippen molar-refractivity contribution in [3.8, 4) is 11.5 Å². The molecule has 6 heteroatoms. The van der Waals surface area contributed by atoms with Crippen molar-refractivity contribution in [2.75, 3.05) is 0 Å². The summed E-state index contributed by atoms with van der Waals surface area (Å²) in [7, 11) is 0. The van der Waals surface area contributed by atoms with Crippen molar-refractivity contribution in [2.24, 2.45) is 5.92 Å². The monoisotopic (exact) mass is 316 g/mol. The molecule has 0 N–H and O–H groups in total. The number of ketones is 1. The van der Waals surface area contributed by atoms with Gasteiger partial charge in [-0.3, -0.25) is 9.59 Å². The Hall–Kier alpha value is -1.62. The Morgan fingerprint density at radius 3 is 2.38 bits per heavy atom. The molecule has 0 aliphatic rings. The van der Waals surface area contributed by atoms with Gasteiger partial charge in [0.2, 0.25) is 0 Å². The van der Waals surface area contributed by atoms with E-state index in [1.165, 1.54) is 13.0 Å². The third-order valence-electron chi connectivity index (χ3n) is 2.74. The predicted octanol–water partition coefficient (Wildman–Crippen LogP) is 3.79. The van der Waals surface area contributed by atoms with Crippen LogP contribution < -0.4 is 9.47 Å². The summed E-state index contributed by atoms with van der Waals surface area (Å²) >= 11 is 5.86. The highest BCUT2D eigenvalue weighted by Gasteiger charge is 2.25. The van der Waals surface area contributed by atoms with Gasteiger partial charge in [0, 0.05) is 12.1 Å². The lowest BCUT2D eigenvalue weighted by Gasteiger charge is -2.15. The fraction of sp³-hybridized carbons (Fsp3) is 0.467. The van der Waals surface area contributed by atoms with Gasteiger partial charge in [0.1, 0.15) is 17.5 Å². The third kappa shape index (κ3) is 4.70. The van der Waals surface area contributed by atoms with Gasteiger partial charge in [0.25, 0.3) is 0 Å². The van der Waals surface area contributed by atoms with Crippen molar-refractivity contribution >= 4 is 23.4 Å². The summed E-state index contributed by atoms with van der Waals surface area (Å²) in [5, 5.41) is 0.0830. The standard InChI is InChI=1S/C15H18ClFO4/c1-5-10(9(4)18)15(19)21-14-7-13(20-8(2)3)11(16)6-12(14)17/h6-8,10H,5H2,1-4H3. The molecular weight excluding hydrogens is 299 g/mol. The molecule has 0 fully saturated rings. The van der Waals surface area contributed by atoms with E-state index in [2.05, 4.69) is 0 Å². The van der Waals surface area contributed by atoms with Gasteiger partial charge in [0.05, 0.1) is 11.1 Å². The summed E-state index contributed by atoms with van der Waals surface area (Å²) in [6, 6.07) is 2.22. The van der Waals surface area contributed by atoms with Crippen LogP contribution in [0.15, 0.2) is 12.1 Å². The molecule has 0 aliphatic heterocycles. The smallest absolute Gasteiger partial charge is 0.321 e. The number of Topliss-reactive ketones (excluding diaryl/α,β-unsaturated/α-hetero) is 1. The quantitative estimate of drug-likeness (QED) is 0.455. The van der Waals surface area contributed by atoms with Crippen molar-refractivity contribution < 1.29 is 23.5 Å². The Morgan fingerprint density at radius 1 is 1.29 bits per heavy atom. The lowest BCUT2D eigenvalue weighted by atomic mass is 10.0. The molecule has 1 aromatic rings. The normalized spacial score (nSPS) is 12.1. The number of hydrogen-bond donors (Lipinski definition) is 0. The third-order valence-corrected chi connectivity index (χ3v) is 3.04. The predicted molar refractivity (Wildman–Crippen MR) is 77.3 cm³/mol. The van der Waals surface area contributed by atoms with Crippen LogP contribution in [0.25, 0.3) is 0 Å². The van der Waals surface area contributed by atoms with Crippen molar-refractivity contribution in [1.82, 2.24) is 0 Å². The van der Waals surface area contributed by atoms with Gasteiger partial charge < -0.3 is 9.47 Å². The Bertz CT molecular complexity index is 543. The first-order chi connectivity index (χ1) is 9.76. The highest BCUT2D eigenvalue weighted by atomic mass is 35.5. The van der Waals surface area contributed by atoms with E-state index in [-0.39, 0.29) is 28.4 Å². The first kappa shape index (κ1) is 17.4. The van der Waals surface area contributed by atoms with Gasteiger partial charge in [-0.2, -0.15) is 0 Å². The molecule has 116 valence electrons. The number of carbonyl (C=O) groups excluding carboxylic acids is 2. The van der Waals surface area contributed by atoms with Crippen LogP contribution in [0.3, 0.4) is 0 Å². The Labute approximate surface area is 128 Å². The first-order valence-electron chi connectivity index (χ1n) is 6.64. The molecular formula is C15H18ClFO4. The van der Waals surface area contributed by atoms with E-state index in [0.717, 1.165) is 6.07 Å². The summed E-state index contributed by atoms with van der Waals surface area (Å²) in [6.07, 6.45) is 0.121. The molecule has 0 spiro atoms. The van der Waals surface area contributed by atoms with E-state index >= 15 is 0 Å². The van der Waals surface area contributed by atoms with E-state index in [0.29, 0.717) is 6.42 Å². The fourth-order valence-corrected chi connectivity index (χ4v) is 1.93. The zero-order chi connectivity index (χ0) is 16.2. The van der Waals surface area contributed by atoms with E-state index in [1.54, 1.807) is 20.8 Å². The van der Waals surface area contributed by atoms with Crippen LogP contribution in [0.5, 0.6) is 11.5 Å². The molecule has 0 saturated heterocycles. The van der Waals surface area contributed by atoms with Gasteiger partial charge in [-0.1, -0.05) is 18.5 Å². The van der Waals surface area contributed by atoms with Crippen molar-refractivity contribution in [3.63, 3.8) is 0 Å². The zero-order valence-electron chi connectivity index (χ0n) is 12.4. The maximum Gasteiger partial charge on any atom is 0.321 e. The highest BCUT2D eigenvalue weighted by molar-refractivity contribution is 6.32. The summed E-state index contributed by atoms with van der Waals surface area (Å²) in [5.74, 6) is -2.90. The van der Waals surface area contributed by atoms with Gasteiger partial charge >= 0.3 is 5.97 Å². The van der Waals surface area contributed by atoms with Crippen LogP contribution in [0, 0.1) is 11.7 Å². The van der Waals surface area contributed by atoms with Gasteiger partial charge in [-0.05, 0) is 27.2 Å². The number of rotatable bonds is 6. The van der Waals surface area contributed by atoms with Crippen LogP contribution >= 0.6 is 11.6 Å². The summed E-state index contributed by atoms with van der Waals surface area (Å²) in [6.45, 7) is 6.54. The molecule has 0 heterocycles. The van der Waals surface area contributed by atoms with E-state index in [4.69, 9.17) is 21.1 Å². The number of halogens is 2. The Kier molecular flexibility index (Phi) is 6.15. The molecule has 1 unspecified atom stereocenters. The number of ether oxygens (including phenoxy) is 2. The summed E-state index contributed by atoms with van der Waals surface area (Å²) in [5.41, 5.74) is 0. The summed E-state index contributed by atoms with van der Waals surface area (Å²) in [4.78, 5) is 23.2. The van der Waals surface area contributed by atoms with Crippen LogP contribution in [0.4, 0.5) is 4.39 Å². The Morgan fingerprint density at radius 2 is 1.90 bits per heavy atom. The first-order valence-corrected chi connectivity index (χ1v) is 7.01. The van der Waals surface area contributed by atoms with Gasteiger partial charge in [-0.15, -0.1) is 0 Å². The highest BCUT2D eigenvalue weighted by Crippen LogP contribution is 2.33. The number of benzene rings is 1. The lowest BCUT2D eigenvalue weighted by molar-refractivity contribution is -0.143. The molecule has 0 bridgehead atoms. The number of carbonyl (C=O) groups is 2. The molecule has 0 saturated carbocycles. The second kappa shape index (κ2) is 7.41. The van der Waals surface area contributed by atoms with E-state index in [9.17, 15) is 14.0 Å². The van der Waals surface area contributed by atoms with Gasteiger partial charge in [0.15, 0.2) is 11.6 Å². The summed E-state index contributed by atoms with van der Waals surface area (Å²) < 4.78 is 24.2. The zero-order valence-corrected chi connectivity index (χ0v) is 13.2. The maximum absolute atomic E-state index is 13.8. The molecule has 0 amide bonds. The maximum atomic E-state index is 13.8. The van der Waals surface area contributed by atoms with Gasteiger partial charge in [-0.25, -0.2) is 4.39 Å². The molecule has 0 aliphatic carbocycles. The average molecular weight is 317 g/mol. The fourth-order valence-electron chi connectivity index (χ4n) is 1.73. The lowest BCUT2D eigenvalue weighted by Crippen LogP contribution is -2.26. The largest absolute Gasteiger partial charge is 0.489 e. The molecule has 21 heavy (non-hydrogen) atoms. The molecule has 1 rings (SSSR count). The average Bonchev–Trinajstić information content (AvgIpc) is 2.34. The topological polar surface area (TPSA) is 52.6 Å². The van der Waals surface area contributed by atoms with Crippen LogP contribution in [0.1, 0.15) is 34.1 Å². The molecule has 1 atom stereocenters. The van der Waals surface area contributed by atoms with Crippen molar-refractivity contribution in [1.29, 1.82) is 0 Å². The molecule has 1 aromatic carbocycles. The number of hydrogen-bond acceptors (Lipinski definition) is 4. The minimum absolute atomic E-state index is 0.0830.